The Labute approximate surface area is 163 Å². The van der Waals surface area contributed by atoms with Crippen molar-refractivity contribution < 1.29 is 19.1 Å². The molecule has 1 unspecified atom stereocenters. The number of hydrogen-bond acceptors (Lipinski definition) is 5. The number of amides is 2. The van der Waals surface area contributed by atoms with Gasteiger partial charge in [-0.15, -0.1) is 0 Å². The number of rotatable bonds is 6. The summed E-state index contributed by atoms with van der Waals surface area (Å²) < 4.78 is 10.5. The predicted molar refractivity (Wildman–Crippen MR) is 104 cm³/mol. The van der Waals surface area contributed by atoms with Crippen molar-refractivity contribution in [1.82, 2.24) is 10.3 Å². The van der Waals surface area contributed by atoms with Crippen LogP contribution in [0.4, 0.5) is 5.69 Å². The van der Waals surface area contributed by atoms with E-state index in [1.54, 1.807) is 48.7 Å². The van der Waals surface area contributed by atoms with E-state index in [1.807, 2.05) is 12.1 Å². The fraction of sp³-hybridized carbons (Fsp3) is 0.286. The van der Waals surface area contributed by atoms with Gasteiger partial charge in [0.25, 0.3) is 0 Å². The van der Waals surface area contributed by atoms with E-state index in [-0.39, 0.29) is 37.3 Å². The second kappa shape index (κ2) is 9.42. The van der Waals surface area contributed by atoms with E-state index < -0.39 is 0 Å². The van der Waals surface area contributed by atoms with E-state index >= 15 is 0 Å². The molecule has 0 bridgehead atoms. The average Bonchev–Trinajstić information content (AvgIpc) is 3.13. The molecule has 1 fully saturated rings. The van der Waals surface area contributed by atoms with Crippen molar-refractivity contribution in [3.63, 3.8) is 0 Å². The van der Waals surface area contributed by atoms with Gasteiger partial charge in [-0.3, -0.25) is 14.6 Å². The number of benzene rings is 1. The zero-order chi connectivity index (χ0) is 19.8. The van der Waals surface area contributed by atoms with Crippen LogP contribution in [0.5, 0.6) is 11.5 Å². The SMILES string of the molecule is COc1ccc(N2CC(C(=O)NCC#CCOc3cccnc3)CC2=O)cc1. The van der Waals surface area contributed by atoms with Crippen LogP contribution in [0.3, 0.4) is 0 Å². The van der Waals surface area contributed by atoms with Crippen LogP contribution in [0.25, 0.3) is 0 Å². The average molecular weight is 379 g/mol. The van der Waals surface area contributed by atoms with Crippen LogP contribution in [0.15, 0.2) is 48.8 Å². The van der Waals surface area contributed by atoms with Crippen LogP contribution in [-0.2, 0) is 9.59 Å². The first-order valence-corrected chi connectivity index (χ1v) is 8.88. The highest BCUT2D eigenvalue weighted by atomic mass is 16.5. The molecule has 2 heterocycles. The number of nitrogens with one attached hydrogen (secondary N) is 1. The van der Waals surface area contributed by atoms with Crippen molar-refractivity contribution in [2.45, 2.75) is 6.42 Å². The first-order valence-electron chi connectivity index (χ1n) is 8.88. The maximum Gasteiger partial charge on any atom is 0.227 e. The van der Waals surface area contributed by atoms with Crippen molar-refractivity contribution >= 4 is 17.5 Å². The molecule has 1 saturated heterocycles. The smallest absolute Gasteiger partial charge is 0.227 e. The van der Waals surface area contributed by atoms with Gasteiger partial charge < -0.3 is 19.7 Å². The lowest BCUT2D eigenvalue weighted by atomic mass is 10.1. The van der Waals surface area contributed by atoms with Gasteiger partial charge in [-0.2, -0.15) is 0 Å². The number of aromatic nitrogens is 1. The van der Waals surface area contributed by atoms with Crippen LogP contribution in [0.2, 0.25) is 0 Å². The number of pyridine rings is 1. The predicted octanol–water partition coefficient (Wildman–Crippen LogP) is 1.64. The Hall–Kier alpha value is -3.53. The van der Waals surface area contributed by atoms with Gasteiger partial charge in [0.1, 0.15) is 18.1 Å². The van der Waals surface area contributed by atoms with Gasteiger partial charge in [-0.1, -0.05) is 11.8 Å². The fourth-order valence-electron chi connectivity index (χ4n) is 2.84. The van der Waals surface area contributed by atoms with Gasteiger partial charge in [0, 0.05) is 24.8 Å². The molecule has 28 heavy (non-hydrogen) atoms. The van der Waals surface area contributed by atoms with E-state index in [0.717, 1.165) is 11.4 Å². The number of carbonyl (C=O) groups excluding carboxylic acids is 2. The first-order chi connectivity index (χ1) is 13.7. The quantitative estimate of drug-likeness (QED) is 0.772. The summed E-state index contributed by atoms with van der Waals surface area (Å²) in [6, 6.07) is 10.8. The molecule has 7 heteroatoms. The maximum absolute atomic E-state index is 12.3. The summed E-state index contributed by atoms with van der Waals surface area (Å²) in [6.45, 7) is 0.783. The van der Waals surface area contributed by atoms with Gasteiger partial charge in [0.15, 0.2) is 0 Å². The third-order valence-corrected chi connectivity index (χ3v) is 4.30. The summed E-state index contributed by atoms with van der Waals surface area (Å²) in [4.78, 5) is 30.1. The molecule has 2 amide bonds. The summed E-state index contributed by atoms with van der Waals surface area (Å²) >= 11 is 0. The normalized spacial score (nSPS) is 15.5. The van der Waals surface area contributed by atoms with Crippen LogP contribution < -0.4 is 19.7 Å². The molecule has 144 valence electrons. The summed E-state index contributed by atoms with van der Waals surface area (Å²) in [5, 5.41) is 2.75. The number of ether oxygens (including phenoxy) is 2. The highest BCUT2D eigenvalue weighted by Gasteiger charge is 2.34. The van der Waals surface area contributed by atoms with Crippen LogP contribution in [-0.4, -0.2) is 43.6 Å². The van der Waals surface area contributed by atoms with E-state index in [2.05, 4.69) is 22.1 Å². The Balaban J connectivity index is 1.44. The number of hydrogen-bond donors (Lipinski definition) is 1. The maximum atomic E-state index is 12.3. The lowest BCUT2D eigenvalue weighted by molar-refractivity contribution is -0.126. The minimum Gasteiger partial charge on any atom is -0.497 e. The van der Waals surface area contributed by atoms with E-state index in [9.17, 15) is 9.59 Å². The number of carbonyl (C=O) groups is 2. The summed E-state index contributed by atoms with van der Waals surface area (Å²) in [5.74, 6) is 6.40. The number of anilines is 1. The van der Waals surface area contributed by atoms with E-state index in [1.165, 1.54) is 0 Å². The summed E-state index contributed by atoms with van der Waals surface area (Å²) in [7, 11) is 1.59. The van der Waals surface area contributed by atoms with Crippen LogP contribution >= 0.6 is 0 Å². The second-order valence-electron chi connectivity index (χ2n) is 6.15. The largest absolute Gasteiger partial charge is 0.497 e. The molecule has 0 saturated carbocycles. The van der Waals surface area contributed by atoms with Crippen molar-refractivity contribution in [1.29, 1.82) is 0 Å². The molecule has 1 atom stereocenters. The molecule has 3 rings (SSSR count). The monoisotopic (exact) mass is 379 g/mol. The Morgan fingerprint density at radius 3 is 2.79 bits per heavy atom. The van der Waals surface area contributed by atoms with Gasteiger partial charge in [-0.25, -0.2) is 0 Å². The molecule has 2 aromatic rings. The van der Waals surface area contributed by atoms with Crippen molar-refractivity contribution in [3.05, 3.63) is 48.8 Å². The van der Waals surface area contributed by atoms with Gasteiger partial charge in [0.2, 0.25) is 11.8 Å². The molecule has 1 aromatic heterocycles. The second-order valence-corrected chi connectivity index (χ2v) is 6.15. The Morgan fingerprint density at radius 2 is 2.07 bits per heavy atom. The first kappa shape index (κ1) is 19.2. The summed E-state index contributed by atoms with van der Waals surface area (Å²) in [5.41, 5.74) is 0.758. The van der Waals surface area contributed by atoms with Crippen molar-refractivity contribution in [2.75, 3.05) is 31.7 Å². The lowest BCUT2D eigenvalue weighted by Crippen LogP contribution is -2.33. The standard InChI is InChI=1S/C21H21N3O4/c1-27-18-8-6-17(7-9-18)24-15-16(13-20(24)25)21(26)23-11-2-3-12-28-19-5-4-10-22-14-19/h4-10,14,16H,11-13,15H2,1H3,(H,23,26). The molecular formula is C21H21N3O4. The molecule has 1 N–H and O–H groups in total. The highest BCUT2D eigenvalue weighted by Crippen LogP contribution is 2.26. The van der Waals surface area contributed by atoms with E-state index in [4.69, 9.17) is 9.47 Å². The van der Waals surface area contributed by atoms with Gasteiger partial charge in [-0.05, 0) is 36.4 Å². The molecule has 1 aromatic carbocycles. The molecule has 0 radical (unpaired) electrons. The zero-order valence-electron chi connectivity index (χ0n) is 15.6. The molecule has 1 aliphatic heterocycles. The van der Waals surface area contributed by atoms with Crippen LogP contribution in [0.1, 0.15) is 6.42 Å². The zero-order valence-corrected chi connectivity index (χ0v) is 15.6. The third-order valence-electron chi connectivity index (χ3n) is 4.30. The van der Waals surface area contributed by atoms with E-state index in [0.29, 0.717) is 12.3 Å². The third kappa shape index (κ3) is 5.01. The Bertz CT molecular complexity index is 872. The van der Waals surface area contributed by atoms with Gasteiger partial charge in [0.05, 0.1) is 25.8 Å². The van der Waals surface area contributed by atoms with Gasteiger partial charge >= 0.3 is 0 Å². The highest BCUT2D eigenvalue weighted by molar-refractivity contribution is 6.00. The lowest BCUT2D eigenvalue weighted by Gasteiger charge is -2.16. The molecular weight excluding hydrogens is 358 g/mol. The molecule has 0 spiro atoms. The minimum atomic E-state index is -0.386. The summed E-state index contributed by atoms with van der Waals surface area (Å²) in [6.07, 6.45) is 3.46. The molecule has 0 aliphatic carbocycles. The topological polar surface area (TPSA) is 80.8 Å². The number of nitrogens with zero attached hydrogens (tertiary/aromatic N) is 2. The minimum absolute atomic E-state index is 0.0683. The number of methoxy groups -OCH3 is 1. The fourth-order valence-corrected chi connectivity index (χ4v) is 2.84. The Kier molecular flexibility index (Phi) is 6.47. The van der Waals surface area contributed by atoms with Crippen molar-refractivity contribution in [3.8, 4) is 23.3 Å². The molecule has 1 aliphatic rings. The Morgan fingerprint density at radius 1 is 1.25 bits per heavy atom. The van der Waals surface area contributed by atoms with Crippen molar-refractivity contribution in [2.24, 2.45) is 5.92 Å². The molecule has 7 nitrogen and oxygen atoms in total. The van der Waals surface area contributed by atoms with Crippen LogP contribution in [0, 0.1) is 17.8 Å².